The van der Waals surface area contributed by atoms with E-state index in [0.29, 0.717) is 6.04 Å². The molecule has 0 saturated heterocycles. The molecule has 2 rings (SSSR count). The molecular formula is C12H21N3. The van der Waals surface area contributed by atoms with E-state index in [2.05, 4.69) is 29.2 Å². The number of nitrogens with one attached hydrogen (secondary N) is 1. The molecule has 0 unspecified atom stereocenters. The molecule has 1 aromatic rings. The Bertz CT molecular complexity index is 275. The molecule has 1 aliphatic carbocycles. The average molecular weight is 207 g/mol. The second-order valence-corrected chi connectivity index (χ2v) is 4.83. The van der Waals surface area contributed by atoms with E-state index in [-0.39, 0.29) is 0 Å². The number of H-pyrrole nitrogens is 1. The van der Waals surface area contributed by atoms with Gasteiger partial charge in [0, 0.05) is 31.5 Å². The van der Waals surface area contributed by atoms with Gasteiger partial charge in [-0.2, -0.15) is 0 Å². The van der Waals surface area contributed by atoms with Gasteiger partial charge in [-0.25, -0.2) is 0 Å². The summed E-state index contributed by atoms with van der Waals surface area (Å²) < 4.78 is 0. The first-order valence-corrected chi connectivity index (χ1v) is 5.80. The van der Waals surface area contributed by atoms with Crippen LogP contribution in [0.2, 0.25) is 0 Å². The molecule has 0 radical (unpaired) electrons. The molecule has 0 amide bonds. The second-order valence-electron chi connectivity index (χ2n) is 4.83. The first-order valence-electron chi connectivity index (χ1n) is 5.80. The molecule has 0 spiro atoms. The van der Waals surface area contributed by atoms with Gasteiger partial charge in [0.15, 0.2) is 0 Å². The molecule has 1 fully saturated rings. The van der Waals surface area contributed by atoms with Gasteiger partial charge < -0.3 is 15.6 Å². The number of hydrogen-bond donors (Lipinski definition) is 2. The Morgan fingerprint density at radius 1 is 1.53 bits per heavy atom. The average Bonchev–Trinajstić information content (AvgIpc) is 2.65. The quantitative estimate of drug-likeness (QED) is 0.762. The van der Waals surface area contributed by atoms with Crippen LogP contribution in [0.25, 0.3) is 0 Å². The van der Waals surface area contributed by atoms with Crippen molar-refractivity contribution in [3.8, 4) is 0 Å². The van der Waals surface area contributed by atoms with Crippen LogP contribution in [0.15, 0.2) is 18.5 Å². The van der Waals surface area contributed by atoms with E-state index in [0.717, 1.165) is 18.9 Å². The van der Waals surface area contributed by atoms with Crippen LogP contribution in [0.5, 0.6) is 0 Å². The third-order valence-electron chi connectivity index (χ3n) is 3.29. The Labute approximate surface area is 91.7 Å². The van der Waals surface area contributed by atoms with E-state index in [1.54, 1.807) is 0 Å². The third kappa shape index (κ3) is 3.08. The van der Waals surface area contributed by atoms with Crippen LogP contribution >= 0.6 is 0 Å². The fraction of sp³-hybridized carbons (Fsp3) is 0.667. The van der Waals surface area contributed by atoms with Gasteiger partial charge in [-0.3, -0.25) is 0 Å². The van der Waals surface area contributed by atoms with Gasteiger partial charge in [-0.05, 0) is 43.9 Å². The zero-order valence-electron chi connectivity index (χ0n) is 9.45. The molecule has 3 nitrogen and oxygen atoms in total. The van der Waals surface area contributed by atoms with Crippen molar-refractivity contribution >= 4 is 0 Å². The molecule has 1 aliphatic rings. The Morgan fingerprint density at radius 3 is 2.93 bits per heavy atom. The van der Waals surface area contributed by atoms with Crippen LogP contribution in [-0.4, -0.2) is 36.1 Å². The topological polar surface area (TPSA) is 45.0 Å². The molecule has 0 aromatic carbocycles. The van der Waals surface area contributed by atoms with E-state index in [1.807, 2.05) is 6.20 Å². The first kappa shape index (κ1) is 10.7. The summed E-state index contributed by atoms with van der Waals surface area (Å²) in [6, 6.07) is 2.63. The molecule has 3 heteroatoms. The Morgan fingerprint density at radius 2 is 2.33 bits per heavy atom. The lowest BCUT2D eigenvalue weighted by Crippen LogP contribution is -2.42. The number of aromatic amines is 1. The highest BCUT2D eigenvalue weighted by molar-refractivity contribution is 5.08. The minimum atomic E-state index is 0.480. The van der Waals surface area contributed by atoms with Crippen molar-refractivity contribution in [1.29, 1.82) is 0 Å². The van der Waals surface area contributed by atoms with E-state index < -0.39 is 0 Å². The summed E-state index contributed by atoms with van der Waals surface area (Å²) in [5, 5.41) is 0. The van der Waals surface area contributed by atoms with Crippen molar-refractivity contribution in [3.63, 3.8) is 0 Å². The predicted molar refractivity (Wildman–Crippen MR) is 62.7 cm³/mol. The number of rotatable bonds is 5. The molecule has 1 heterocycles. The van der Waals surface area contributed by atoms with Gasteiger partial charge in [0.05, 0.1) is 0 Å². The maximum Gasteiger partial charge on any atom is 0.00450 e. The summed E-state index contributed by atoms with van der Waals surface area (Å²) in [4.78, 5) is 5.51. The molecule has 15 heavy (non-hydrogen) atoms. The summed E-state index contributed by atoms with van der Waals surface area (Å²) in [5.74, 6) is 0.844. The second kappa shape index (κ2) is 4.81. The van der Waals surface area contributed by atoms with Crippen LogP contribution in [0.4, 0.5) is 0 Å². The van der Waals surface area contributed by atoms with E-state index in [9.17, 15) is 0 Å². The lowest BCUT2D eigenvalue weighted by atomic mass is 9.80. The number of likely N-dealkylation sites (N-methyl/N-ethyl adjacent to an activating group) is 1. The molecule has 0 bridgehead atoms. The number of nitrogens with two attached hydrogens (primary N) is 1. The normalized spacial score (nSPS) is 25.5. The third-order valence-corrected chi connectivity index (χ3v) is 3.29. The molecule has 84 valence electrons. The summed E-state index contributed by atoms with van der Waals surface area (Å²) in [5.41, 5.74) is 7.17. The van der Waals surface area contributed by atoms with Crippen LogP contribution in [0.1, 0.15) is 18.4 Å². The number of aromatic nitrogens is 1. The van der Waals surface area contributed by atoms with Gasteiger partial charge in [-0.1, -0.05) is 0 Å². The molecule has 1 saturated carbocycles. The number of nitrogens with zero attached hydrogens (tertiary/aromatic N) is 1. The van der Waals surface area contributed by atoms with Crippen LogP contribution in [0.3, 0.4) is 0 Å². The zero-order chi connectivity index (χ0) is 10.7. The Kier molecular flexibility index (Phi) is 3.44. The van der Waals surface area contributed by atoms with Gasteiger partial charge in [0.2, 0.25) is 0 Å². The smallest absolute Gasteiger partial charge is 0.00450 e. The van der Waals surface area contributed by atoms with Gasteiger partial charge >= 0.3 is 0 Å². The molecule has 0 aliphatic heterocycles. The van der Waals surface area contributed by atoms with Crippen molar-refractivity contribution in [3.05, 3.63) is 24.0 Å². The molecule has 1 aromatic heterocycles. The standard InChI is InChI=1S/C12H21N3/c1-15(9-11-6-12(13)7-11)5-3-10-2-4-14-8-10/h2,4,8,11-12,14H,3,5-7,9,13H2,1H3. The zero-order valence-corrected chi connectivity index (χ0v) is 9.45. The van der Waals surface area contributed by atoms with Crippen molar-refractivity contribution in [2.45, 2.75) is 25.3 Å². The van der Waals surface area contributed by atoms with Crippen molar-refractivity contribution in [1.82, 2.24) is 9.88 Å². The number of hydrogen-bond acceptors (Lipinski definition) is 2. The maximum atomic E-state index is 5.77. The highest BCUT2D eigenvalue weighted by Gasteiger charge is 2.26. The lowest BCUT2D eigenvalue weighted by Gasteiger charge is -2.35. The summed E-state index contributed by atoms with van der Waals surface area (Å²) in [6.07, 6.45) is 7.63. The van der Waals surface area contributed by atoms with Gasteiger partial charge in [-0.15, -0.1) is 0 Å². The van der Waals surface area contributed by atoms with E-state index in [1.165, 1.54) is 24.9 Å². The van der Waals surface area contributed by atoms with Gasteiger partial charge in [0.25, 0.3) is 0 Å². The maximum absolute atomic E-state index is 5.77. The highest BCUT2D eigenvalue weighted by Crippen LogP contribution is 2.25. The van der Waals surface area contributed by atoms with Crippen molar-refractivity contribution in [2.24, 2.45) is 11.7 Å². The SMILES string of the molecule is CN(CCc1cc[nH]c1)CC1CC(N)C1. The largest absolute Gasteiger partial charge is 0.367 e. The molecule has 3 N–H and O–H groups in total. The Balaban J connectivity index is 1.62. The summed E-state index contributed by atoms with van der Waals surface area (Å²) in [6.45, 7) is 2.35. The van der Waals surface area contributed by atoms with Crippen LogP contribution < -0.4 is 5.73 Å². The van der Waals surface area contributed by atoms with Crippen LogP contribution in [0, 0.1) is 5.92 Å². The monoisotopic (exact) mass is 207 g/mol. The van der Waals surface area contributed by atoms with E-state index in [4.69, 9.17) is 5.73 Å². The Hall–Kier alpha value is -0.800. The predicted octanol–water partition coefficient (Wildman–Crippen LogP) is 1.23. The first-order chi connectivity index (χ1) is 7.24. The van der Waals surface area contributed by atoms with Gasteiger partial charge in [0.1, 0.15) is 0 Å². The fourth-order valence-electron chi connectivity index (χ4n) is 2.30. The molecule has 0 atom stereocenters. The van der Waals surface area contributed by atoms with Crippen molar-refractivity contribution < 1.29 is 0 Å². The minimum Gasteiger partial charge on any atom is -0.367 e. The molecular weight excluding hydrogens is 186 g/mol. The minimum absolute atomic E-state index is 0.480. The summed E-state index contributed by atoms with van der Waals surface area (Å²) >= 11 is 0. The van der Waals surface area contributed by atoms with Crippen LogP contribution in [-0.2, 0) is 6.42 Å². The fourth-order valence-corrected chi connectivity index (χ4v) is 2.30. The van der Waals surface area contributed by atoms with E-state index >= 15 is 0 Å². The highest BCUT2D eigenvalue weighted by atomic mass is 15.1. The summed E-state index contributed by atoms with van der Waals surface area (Å²) in [7, 11) is 2.20. The van der Waals surface area contributed by atoms with Crippen molar-refractivity contribution in [2.75, 3.05) is 20.1 Å². The lowest BCUT2D eigenvalue weighted by molar-refractivity contribution is 0.183.